The standard InChI is InChI=1S/C15H21F2NO2/c1-3-10-18(11-14(19)20-4-2)12-15(16,17)13-8-6-5-7-9-13/h5-9H,3-4,10-12H2,1-2H3. The lowest BCUT2D eigenvalue weighted by Gasteiger charge is -2.26. The maximum Gasteiger partial charge on any atom is 0.320 e. The number of halogens is 2. The number of esters is 1. The summed E-state index contributed by atoms with van der Waals surface area (Å²) in [7, 11) is 0. The van der Waals surface area contributed by atoms with E-state index in [0.717, 1.165) is 0 Å². The van der Waals surface area contributed by atoms with Crippen LogP contribution in [0, 0.1) is 0 Å². The lowest BCUT2D eigenvalue weighted by molar-refractivity contribution is -0.145. The number of nitrogens with zero attached hydrogens (tertiary/aromatic N) is 1. The topological polar surface area (TPSA) is 29.5 Å². The number of hydrogen-bond acceptors (Lipinski definition) is 3. The average Bonchev–Trinajstić information content (AvgIpc) is 2.39. The molecule has 0 saturated carbocycles. The van der Waals surface area contributed by atoms with Gasteiger partial charge in [-0.3, -0.25) is 9.69 Å². The van der Waals surface area contributed by atoms with Gasteiger partial charge in [-0.2, -0.15) is 8.78 Å². The molecule has 0 aliphatic carbocycles. The van der Waals surface area contributed by atoms with Crippen molar-refractivity contribution in [3.8, 4) is 0 Å². The van der Waals surface area contributed by atoms with Crippen molar-refractivity contribution in [2.45, 2.75) is 26.2 Å². The van der Waals surface area contributed by atoms with Crippen LogP contribution in [-0.2, 0) is 15.5 Å². The molecular weight excluding hydrogens is 264 g/mol. The Balaban J connectivity index is 2.71. The molecule has 0 aliphatic heterocycles. The molecule has 112 valence electrons. The van der Waals surface area contributed by atoms with Crippen molar-refractivity contribution in [1.29, 1.82) is 0 Å². The van der Waals surface area contributed by atoms with Gasteiger partial charge in [0.15, 0.2) is 0 Å². The van der Waals surface area contributed by atoms with Crippen LogP contribution in [-0.4, -0.2) is 37.1 Å². The highest BCUT2D eigenvalue weighted by atomic mass is 19.3. The molecule has 0 saturated heterocycles. The van der Waals surface area contributed by atoms with Gasteiger partial charge < -0.3 is 4.74 Å². The minimum Gasteiger partial charge on any atom is -0.465 e. The normalized spacial score (nSPS) is 11.7. The zero-order valence-corrected chi connectivity index (χ0v) is 11.9. The van der Waals surface area contributed by atoms with E-state index in [4.69, 9.17) is 4.74 Å². The molecule has 5 heteroatoms. The second-order valence-electron chi connectivity index (χ2n) is 4.59. The van der Waals surface area contributed by atoms with E-state index in [1.54, 1.807) is 25.1 Å². The van der Waals surface area contributed by atoms with Crippen molar-refractivity contribution >= 4 is 5.97 Å². The summed E-state index contributed by atoms with van der Waals surface area (Å²) in [6.45, 7) is 3.68. The first-order valence-electron chi connectivity index (χ1n) is 6.81. The van der Waals surface area contributed by atoms with Gasteiger partial charge in [-0.05, 0) is 19.9 Å². The number of alkyl halides is 2. The van der Waals surface area contributed by atoms with E-state index < -0.39 is 18.4 Å². The summed E-state index contributed by atoms with van der Waals surface area (Å²) in [5, 5.41) is 0. The summed E-state index contributed by atoms with van der Waals surface area (Å²) >= 11 is 0. The summed E-state index contributed by atoms with van der Waals surface area (Å²) in [5.74, 6) is -3.45. The molecule has 0 atom stereocenters. The monoisotopic (exact) mass is 285 g/mol. The molecule has 0 heterocycles. The molecule has 0 fully saturated rings. The van der Waals surface area contributed by atoms with Gasteiger partial charge in [0.05, 0.1) is 19.7 Å². The maximum atomic E-state index is 14.2. The van der Waals surface area contributed by atoms with Gasteiger partial charge in [0, 0.05) is 5.56 Å². The van der Waals surface area contributed by atoms with Gasteiger partial charge in [0.2, 0.25) is 0 Å². The highest BCUT2D eigenvalue weighted by molar-refractivity contribution is 5.71. The van der Waals surface area contributed by atoms with Gasteiger partial charge in [-0.1, -0.05) is 37.3 Å². The lowest BCUT2D eigenvalue weighted by atomic mass is 10.1. The average molecular weight is 285 g/mol. The number of rotatable bonds is 8. The van der Waals surface area contributed by atoms with E-state index in [2.05, 4.69) is 0 Å². The van der Waals surface area contributed by atoms with E-state index in [-0.39, 0.29) is 18.7 Å². The van der Waals surface area contributed by atoms with Crippen LogP contribution in [0.15, 0.2) is 30.3 Å². The minimum atomic E-state index is -2.98. The van der Waals surface area contributed by atoms with E-state index in [1.807, 2.05) is 6.92 Å². The molecule has 0 bridgehead atoms. The van der Waals surface area contributed by atoms with Gasteiger partial charge in [0.1, 0.15) is 0 Å². The Kier molecular flexibility index (Phi) is 6.58. The molecule has 0 unspecified atom stereocenters. The zero-order chi connectivity index (χ0) is 15.0. The lowest BCUT2D eigenvalue weighted by Crippen LogP contribution is -2.39. The van der Waals surface area contributed by atoms with Crippen LogP contribution in [0.5, 0.6) is 0 Å². The molecule has 0 N–H and O–H groups in total. The second kappa shape index (κ2) is 7.94. The Morgan fingerprint density at radius 2 is 1.90 bits per heavy atom. The Morgan fingerprint density at radius 3 is 2.45 bits per heavy atom. The number of carbonyl (C=O) groups is 1. The largest absolute Gasteiger partial charge is 0.465 e. The van der Waals surface area contributed by atoms with Crippen LogP contribution in [0.1, 0.15) is 25.8 Å². The second-order valence-corrected chi connectivity index (χ2v) is 4.59. The third kappa shape index (κ3) is 5.25. The third-order valence-corrected chi connectivity index (χ3v) is 2.82. The molecule has 0 aliphatic rings. The van der Waals surface area contributed by atoms with Crippen molar-refractivity contribution in [1.82, 2.24) is 4.90 Å². The van der Waals surface area contributed by atoms with Crippen molar-refractivity contribution in [3.63, 3.8) is 0 Å². The first kappa shape index (κ1) is 16.6. The van der Waals surface area contributed by atoms with Crippen LogP contribution < -0.4 is 0 Å². The Morgan fingerprint density at radius 1 is 1.25 bits per heavy atom. The molecule has 1 rings (SSSR count). The van der Waals surface area contributed by atoms with E-state index in [9.17, 15) is 13.6 Å². The number of carbonyl (C=O) groups excluding carboxylic acids is 1. The van der Waals surface area contributed by atoms with E-state index in [1.165, 1.54) is 17.0 Å². The first-order chi connectivity index (χ1) is 9.49. The van der Waals surface area contributed by atoms with Crippen molar-refractivity contribution < 1.29 is 18.3 Å². The van der Waals surface area contributed by atoms with Crippen LogP contribution in [0.2, 0.25) is 0 Å². The highest BCUT2D eigenvalue weighted by Crippen LogP contribution is 2.28. The molecule has 0 radical (unpaired) electrons. The van der Waals surface area contributed by atoms with Crippen LogP contribution in [0.3, 0.4) is 0 Å². The molecule has 0 spiro atoms. The van der Waals surface area contributed by atoms with Gasteiger partial charge in [-0.25, -0.2) is 0 Å². The van der Waals surface area contributed by atoms with E-state index in [0.29, 0.717) is 13.0 Å². The van der Waals surface area contributed by atoms with Gasteiger partial charge >= 0.3 is 5.97 Å². The minimum absolute atomic E-state index is 0.0371. The fraction of sp³-hybridized carbons (Fsp3) is 0.533. The summed E-state index contributed by atoms with van der Waals surface area (Å²) < 4.78 is 33.2. The summed E-state index contributed by atoms with van der Waals surface area (Å²) in [6.07, 6.45) is 0.699. The number of ether oxygens (including phenoxy) is 1. The Labute approximate surface area is 118 Å². The van der Waals surface area contributed by atoms with Gasteiger partial charge in [-0.15, -0.1) is 0 Å². The molecular formula is C15H21F2NO2. The van der Waals surface area contributed by atoms with Crippen molar-refractivity contribution in [3.05, 3.63) is 35.9 Å². The molecule has 1 aromatic rings. The predicted molar refractivity (Wildman–Crippen MR) is 73.7 cm³/mol. The quantitative estimate of drug-likeness (QED) is 0.688. The van der Waals surface area contributed by atoms with Crippen LogP contribution in [0.4, 0.5) is 8.78 Å². The number of hydrogen-bond donors (Lipinski definition) is 0. The fourth-order valence-electron chi connectivity index (χ4n) is 1.97. The maximum absolute atomic E-state index is 14.2. The highest BCUT2D eigenvalue weighted by Gasteiger charge is 2.34. The predicted octanol–water partition coefficient (Wildman–Crippen LogP) is 3.05. The van der Waals surface area contributed by atoms with E-state index >= 15 is 0 Å². The molecule has 3 nitrogen and oxygen atoms in total. The third-order valence-electron chi connectivity index (χ3n) is 2.82. The zero-order valence-electron chi connectivity index (χ0n) is 11.9. The number of benzene rings is 1. The Hall–Kier alpha value is -1.49. The first-order valence-corrected chi connectivity index (χ1v) is 6.81. The summed E-state index contributed by atoms with van der Waals surface area (Å²) in [4.78, 5) is 12.9. The molecule has 1 aromatic carbocycles. The van der Waals surface area contributed by atoms with Crippen molar-refractivity contribution in [2.24, 2.45) is 0 Å². The van der Waals surface area contributed by atoms with Gasteiger partial charge in [0.25, 0.3) is 5.92 Å². The molecule has 0 aromatic heterocycles. The SMILES string of the molecule is CCCN(CC(=O)OCC)CC(F)(F)c1ccccc1. The molecule has 20 heavy (non-hydrogen) atoms. The van der Waals surface area contributed by atoms with Crippen LogP contribution >= 0.6 is 0 Å². The Bertz CT molecular complexity index is 410. The van der Waals surface area contributed by atoms with Crippen molar-refractivity contribution in [2.75, 3.05) is 26.2 Å². The summed E-state index contributed by atoms with van der Waals surface area (Å²) in [6, 6.07) is 7.66. The van der Waals surface area contributed by atoms with Crippen LogP contribution in [0.25, 0.3) is 0 Å². The smallest absolute Gasteiger partial charge is 0.320 e. The summed E-state index contributed by atoms with van der Waals surface area (Å²) in [5.41, 5.74) is -0.0371. The molecule has 0 amide bonds. The fourth-order valence-corrected chi connectivity index (χ4v) is 1.97.